The van der Waals surface area contributed by atoms with Gasteiger partial charge in [-0.15, -0.1) is 0 Å². The molecule has 0 radical (unpaired) electrons. The van der Waals surface area contributed by atoms with Crippen molar-refractivity contribution in [3.8, 4) is 11.4 Å². The van der Waals surface area contributed by atoms with E-state index < -0.39 is 10.9 Å². The van der Waals surface area contributed by atoms with Gasteiger partial charge in [-0.25, -0.2) is 9.97 Å². The maximum Gasteiger partial charge on any atom is 0.164 e. The van der Waals surface area contributed by atoms with Crippen LogP contribution in [0.2, 0.25) is 0 Å². The molecule has 158 valence electrons. The highest BCUT2D eigenvalue weighted by Crippen LogP contribution is 2.50. The van der Waals surface area contributed by atoms with E-state index in [4.69, 9.17) is 9.97 Å². The van der Waals surface area contributed by atoms with Crippen molar-refractivity contribution in [2.24, 2.45) is 0 Å². The fraction of sp³-hybridized carbons (Fsp3) is 0.240. The lowest BCUT2D eigenvalue weighted by Crippen LogP contribution is -2.10. The van der Waals surface area contributed by atoms with E-state index in [1.807, 2.05) is 19.3 Å². The number of H-pyrrole nitrogens is 1. The second-order valence-corrected chi connectivity index (χ2v) is 10.8. The Morgan fingerprint density at radius 3 is 2.84 bits per heavy atom. The third kappa shape index (κ3) is 3.83. The van der Waals surface area contributed by atoms with Crippen LogP contribution in [-0.2, 0) is 6.42 Å². The predicted molar refractivity (Wildman–Crippen MR) is 132 cm³/mol. The summed E-state index contributed by atoms with van der Waals surface area (Å²) < 4.78 is 0. The van der Waals surface area contributed by atoms with E-state index in [2.05, 4.69) is 77.1 Å². The van der Waals surface area contributed by atoms with Gasteiger partial charge in [0.1, 0.15) is 5.82 Å². The van der Waals surface area contributed by atoms with Gasteiger partial charge in [0.05, 0.1) is 5.03 Å². The Kier molecular flexibility index (Phi) is 5.24. The van der Waals surface area contributed by atoms with E-state index in [0.717, 1.165) is 41.3 Å². The number of rotatable bonds is 6. The van der Waals surface area contributed by atoms with Crippen molar-refractivity contribution in [1.82, 2.24) is 19.9 Å². The van der Waals surface area contributed by atoms with Crippen LogP contribution >= 0.6 is 10.9 Å². The predicted octanol–water partition coefficient (Wildman–Crippen LogP) is 5.74. The number of pyridine rings is 1. The highest BCUT2D eigenvalue weighted by molar-refractivity contribution is 8.20. The van der Waals surface area contributed by atoms with E-state index in [-0.39, 0.29) is 0 Å². The van der Waals surface area contributed by atoms with Gasteiger partial charge in [-0.2, -0.15) is 10.9 Å². The molecule has 31 heavy (non-hydrogen) atoms. The second-order valence-electron chi connectivity index (χ2n) is 8.24. The Labute approximate surface area is 185 Å². The number of nitrogens with one attached hydrogen (secondary N) is 2. The van der Waals surface area contributed by atoms with Crippen molar-refractivity contribution in [2.45, 2.75) is 37.5 Å². The molecule has 0 fully saturated rings. The second kappa shape index (κ2) is 8.19. The monoisotopic (exact) mass is 429 g/mol. The molecule has 0 spiro atoms. The van der Waals surface area contributed by atoms with Crippen LogP contribution < -0.4 is 5.32 Å². The lowest BCUT2D eigenvalue weighted by molar-refractivity contribution is 0.978. The molecule has 0 aliphatic carbocycles. The average molecular weight is 430 g/mol. The minimum absolute atomic E-state index is 0.422. The van der Waals surface area contributed by atoms with Crippen LogP contribution in [0.3, 0.4) is 0 Å². The summed E-state index contributed by atoms with van der Waals surface area (Å²) in [6.45, 7) is 7.40. The van der Waals surface area contributed by atoms with Crippen molar-refractivity contribution in [3.63, 3.8) is 0 Å². The fourth-order valence-corrected chi connectivity index (χ4v) is 6.00. The number of thiol groups is 1. The third-order valence-corrected chi connectivity index (χ3v) is 8.04. The minimum atomic E-state index is -0.422. The van der Waals surface area contributed by atoms with Crippen molar-refractivity contribution in [1.29, 1.82) is 0 Å². The molecule has 6 heteroatoms. The topological polar surface area (TPSA) is 66.5 Å². The first-order valence-electron chi connectivity index (χ1n) is 10.7. The summed E-state index contributed by atoms with van der Waals surface area (Å²) in [5, 5.41) is 8.93. The quantitative estimate of drug-likeness (QED) is 0.270. The molecule has 1 aromatic carbocycles. The SMILES string of the molecule is Cc1cncc(-c2nc(NCCc3c[nH]c4ccccc34)c3c(n2)[SH](C(C)C)C=C3)c1. The van der Waals surface area contributed by atoms with Crippen LogP contribution in [0, 0.1) is 6.92 Å². The Morgan fingerprint density at radius 1 is 1.13 bits per heavy atom. The Balaban J connectivity index is 1.45. The van der Waals surface area contributed by atoms with Crippen molar-refractivity contribution in [3.05, 3.63) is 71.0 Å². The summed E-state index contributed by atoms with van der Waals surface area (Å²) in [6, 6.07) is 10.5. The lowest BCUT2D eigenvalue weighted by Gasteiger charge is -2.20. The third-order valence-electron chi connectivity index (χ3n) is 5.62. The van der Waals surface area contributed by atoms with Gasteiger partial charge in [-0.05, 0) is 53.3 Å². The molecule has 1 unspecified atom stereocenters. The van der Waals surface area contributed by atoms with Gasteiger partial charge in [0.25, 0.3) is 0 Å². The number of nitrogens with zero attached hydrogens (tertiary/aromatic N) is 3. The number of aromatic nitrogens is 4. The van der Waals surface area contributed by atoms with Gasteiger partial charge in [0.15, 0.2) is 5.82 Å². The minimum Gasteiger partial charge on any atom is -0.369 e. The van der Waals surface area contributed by atoms with Gasteiger partial charge >= 0.3 is 0 Å². The van der Waals surface area contributed by atoms with E-state index in [9.17, 15) is 0 Å². The fourth-order valence-electron chi connectivity index (χ4n) is 4.05. The van der Waals surface area contributed by atoms with Crippen LogP contribution in [0.4, 0.5) is 5.82 Å². The number of benzene rings is 1. The molecule has 0 amide bonds. The molecule has 5 nitrogen and oxygen atoms in total. The number of aryl methyl sites for hydroxylation is 1. The van der Waals surface area contributed by atoms with Crippen LogP contribution in [-0.4, -0.2) is 31.7 Å². The van der Waals surface area contributed by atoms with Crippen LogP contribution in [0.1, 0.15) is 30.5 Å². The largest absolute Gasteiger partial charge is 0.369 e. The number of hydrogen-bond donors (Lipinski definition) is 3. The van der Waals surface area contributed by atoms with Crippen molar-refractivity contribution in [2.75, 3.05) is 11.9 Å². The zero-order valence-electron chi connectivity index (χ0n) is 18.1. The maximum absolute atomic E-state index is 5.00. The number of hydrogen-bond acceptors (Lipinski definition) is 4. The molecule has 5 rings (SSSR count). The number of anilines is 1. The first-order chi connectivity index (χ1) is 15.1. The molecule has 1 aliphatic heterocycles. The molecule has 3 aromatic heterocycles. The Bertz CT molecular complexity index is 1270. The number of para-hydroxylation sites is 1. The van der Waals surface area contributed by atoms with Gasteiger partial charge < -0.3 is 10.3 Å². The molecule has 4 aromatic rings. The first kappa shape index (κ1) is 19.8. The van der Waals surface area contributed by atoms with Crippen LogP contribution in [0.25, 0.3) is 28.4 Å². The van der Waals surface area contributed by atoms with Gasteiger partial charge in [-0.1, -0.05) is 32.0 Å². The highest BCUT2D eigenvalue weighted by atomic mass is 32.2. The van der Waals surface area contributed by atoms with Gasteiger partial charge in [0.2, 0.25) is 0 Å². The summed E-state index contributed by atoms with van der Waals surface area (Å²) in [7, 11) is -0.422. The molecule has 2 N–H and O–H groups in total. The summed E-state index contributed by atoms with van der Waals surface area (Å²) in [5.74, 6) is 1.67. The van der Waals surface area contributed by atoms with E-state index in [1.54, 1.807) is 0 Å². The molecule has 0 saturated carbocycles. The maximum atomic E-state index is 5.00. The van der Waals surface area contributed by atoms with Crippen molar-refractivity contribution < 1.29 is 0 Å². The molecule has 4 heterocycles. The summed E-state index contributed by atoms with van der Waals surface area (Å²) in [5.41, 5.74) is 5.72. The smallest absolute Gasteiger partial charge is 0.164 e. The van der Waals surface area contributed by atoms with E-state index in [0.29, 0.717) is 5.25 Å². The lowest BCUT2D eigenvalue weighted by atomic mass is 10.1. The standard InChI is InChI=1S/C25H27N5S/c1-16(2)31-11-9-21-24(27-10-8-18-15-28-22-7-5-4-6-20(18)22)29-23(30-25(21)31)19-12-17(3)13-26-14-19/h4-7,9,11-16,28,31H,8,10H2,1-3H3,(H,27,29,30). The first-order valence-corrected chi connectivity index (χ1v) is 12.2. The summed E-state index contributed by atoms with van der Waals surface area (Å²) in [6.07, 6.45) is 8.95. The van der Waals surface area contributed by atoms with Gasteiger partial charge in [0, 0.05) is 47.2 Å². The van der Waals surface area contributed by atoms with Crippen LogP contribution in [0.5, 0.6) is 0 Å². The Hall–Kier alpha value is -3.12. The van der Waals surface area contributed by atoms with Crippen molar-refractivity contribution >= 4 is 33.7 Å². The normalized spacial score (nSPS) is 16.2. The zero-order chi connectivity index (χ0) is 21.4. The molecule has 0 bridgehead atoms. The van der Waals surface area contributed by atoms with E-state index >= 15 is 0 Å². The van der Waals surface area contributed by atoms with Crippen LogP contribution in [0.15, 0.2) is 59.4 Å². The highest BCUT2D eigenvalue weighted by Gasteiger charge is 2.24. The summed E-state index contributed by atoms with van der Waals surface area (Å²) >= 11 is 0. The molecule has 1 atom stereocenters. The molecular formula is C25H27N5S. The Morgan fingerprint density at radius 2 is 2.00 bits per heavy atom. The number of fused-ring (bicyclic) bond motifs is 2. The molecular weight excluding hydrogens is 402 g/mol. The van der Waals surface area contributed by atoms with Gasteiger partial charge in [-0.3, -0.25) is 4.98 Å². The summed E-state index contributed by atoms with van der Waals surface area (Å²) in [4.78, 5) is 17.6. The zero-order valence-corrected chi connectivity index (χ0v) is 18.9. The molecule has 1 aliphatic rings. The molecule has 0 saturated heterocycles. The average Bonchev–Trinajstić information content (AvgIpc) is 3.38. The van der Waals surface area contributed by atoms with E-state index in [1.165, 1.54) is 21.5 Å². The number of aromatic amines is 1.